The summed E-state index contributed by atoms with van der Waals surface area (Å²) in [6.07, 6.45) is -4.92. The zero-order valence-corrected chi connectivity index (χ0v) is 10.7. The second kappa shape index (κ2) is 5.55. The summed E-state index contributed by atoms with van der Waals surface area (Å²) >= 11 is 0. The lowest BCUT2D eigenvalue weighted by molar-refractivity contribution is -0.137. The van der Waals surface area contributed by atoms with Gasteiger partial charge in [0.25, 0.3) is 0 Å². The Kier molecular flexibility index (Phi) is 3.97. The molecule has 2 rings (SSSR count). The molecule has 2 aromatic carbocycles. The van der Waals surface area contributed by atoms with Crippen LogP contribution in [0.3, 0.4) is 0 Å². The van der Waals surface area contributed by atoms with Gasteiger partial charge < -0.3 is 5.73 Å². The maximum atomic E-state index is 13.5. The van der Waals surface area contributed by atoms with Crippen LogP contribution in [0.4, 0.5) is 23.2 Å². The molecule has 0 bridgehead atoms. The fourth-order valence-corrected chi connectivity index (χ4v) is 1.88. The number of carbonyl (C=O) groups is 1. The Bertz CT molecular complexity index is 680. The van der Waals surface area contributed by atoms with Crippen LogP contribution in [0.5, 0.6) is 0 Å². The van der Waals surface area contributed by atoms with Crippen molar-refractivity contribution in [2.24, 2.45) is 0 Å². The Hall–Kier alpha value is -2.37. The van der Waals surface area contributed by atoms with Crippen LogP contribution in [-0.2, 0) is 12.6 Å². The van der Waals surface area contributed by atoms with Crippen LogP contribution in [0.1, 0.15) is 21.5 Å². The van der Waals surface area contributed by atoms with E-state index >= 15 is 0 Å². The van der Waals surface area contributed by atoms with E-state index in [-0.39, 0.29) is 23.2 Å². The van der Waals surface area contributed by atoms with Crippen LogP contribution < -0.4 is 5.73 Å². The third kappa shape index (κ3) is 3.39. The molecule has 0 aliphatic carbocycles. The molecule has 0 fully saturated rings. The van der Waals surface area contributed by atoms with Crippen molar-refractivity contribution in [3.05, 3.63) is 65.0 Å². The van der Waals surface area contributed by atoms with E-state index in [1.54, 1.807) is 6.07 Å². The second-order valence-electron chi connectivity index (χ2n) is 4.49. The average molecular weight is 297 g/mol. The third-order valence-corrected chi connectivity index (χ3v) is 2.99. The predicted octanol–water partition coefficient (Wildman–Crippen LogP) is 3.85. The molecule has 0 atom stereocenters. The van der Waals surface area contributed by atoms with Crippen LogP contribution in [0, 0.1) is 5.82 Å². The third-order valence-electron chi connectivity index (χ3n) is 2.99. The predicted molar refractivity (Wildman–Crippen MR) is 70.3 cm³/mol. The van der Waals surface area contributed by atoms with Crippen molar-refractivity contribution < 1.29 is 22.4 Å². The molecule has 0 aromatic heterocycles. The quantitative estimate of drug-likeness (QED) is 0.531. The van der Waals surface area contributed by atoms with E-state index in [4.69, 9.17) is 5.73 Å². The molecule has 0 spiro atoms. The molecular formula is C15H11F4NO. The first kappa shape index (κ1) is 15.0. The zero-order valence-electron chi connectivity index (χ0n) is 10.7. The van der Waals surface area contributed by atoms with Gasteiger partial charge in [0.05, 0.1) is 5.56 Å². The number of carbonyl (C=O) groups excluding carboxylic acids is 1. The van der Waals surface area contributed by atoms with E-state index in [1.165, 1.54) is 18.2 Å². The Morgan fingerprint density at radius 2 is 1.76 bits per heavy atom. The van der Waals surface area contributed by atoms with Crippen molar-refractivity contribution >= 4 is 11.5 Å². The largest absolute Gasteiger partial charge is 0.416 e. The molecule has 0 radical (unpaired) electrons. The lowest BCUT2D eigenvalue weighted by Gasteiger charge is -2.11. The fourth-order valence-electron chi connectivity index (χ4n) is 1.88. The van der Waals surface area contributed by atoms with Gasteiger partial charge in [-0.15, -0.1) is 0 Å². The SMILES string of the molecule is Nc1ccc(C(F)(F)F)cc1C(=O)Cc1ccccc1F. The maximum Gasteiger partial charge on any atom is 0.416 e. The normalized spacial score (nSPS) is 11.4. The minimum Gasteiger partial charge on any atom is -0.398 e. The summed E-state index contributed by atoms with van der Waals surface area (Å²) in [5, 5.41) is 0. The molecule has 0 aliphatic rings. The number of nitrogens with two attached hydrogens (primary N) is 1. The highest BCUT2D eigenvalue weighted by atomic mass is 19.4. The van der Waals surface area contributed by atoms with Crippen molar-refractivity contribution in [2.45, 2.75) is 12.6 Å². The monoisotopic (exact) mass is 297 g/mol. The van der Waals surface area contributed by atoms with Crippen molar-refractivity contribution in [2.75, 3.05) is 5.73 Å². The molecule has 0 saturated heterocycles. The van der Waals surface area contributed by atoms with E-state index in [1.807, 2.05) is 0 Å². The minimum absolute atomic E-state index is 0.0654. The van der Waals surface area contributed by atoms with Crippen molar-refractivity contribution in [1.29, 1.82) is 0 Å². The molecule has 2 nitrogen and oxygen atoms in total. The van der Waals surface area contributed by atoms with Crippen molar-refractivity contribution in [3.63, 3.8) is 0 Å². The van der Waals surface area contributed by atoms with Gasteiger partial charge >= 0.3 is 6.18 Å². The number of hydrogen-bond acceptors (Lipinski definition) is 2. The number of nitrogen functional groups attached to an aromatic ring is 1. The average Bonchev–Trinajstić information content (AvgIpc) is 2.40. The van der Waals surface area contributed by atoms with Gasteiger partial charge in [-0.2, -0.15) is 13.2 Å². The molecule has 21 heavy (non-hydrogen) atoms. The van der Waals surface area contributed by atoms with Crippen LogP contribution >= 0.6 is 0 Å². The summed E-state index contributed by atoms with van der Waals surface area (Å²) in [4.78, 5) is 12.1. The molecule has 6 heteroatoms. The van der Waals surface area contributed by atoms with E-state index in [9.17, 15) is 22.4 Å². The van der Waals surface area contributed by atoms with Crippen molar-refractivity contribution in [3.8, 4) is 0 Å². The number of Topliss-reactive ketones (excluding diaryl/α,β-unsaturated/α-hetero) is 1. The first-order chi connectivity index (χ1) is 9.79. The molecule has 2 aromatic rings. The molecule has 0 unspecified atom stereocenters. The molecule has 110 valence electrons. The molecular weight excluding hydrogens is 286 g/mol. The van der Waals surface area contributed by atoms with E-state index in [0.717, 1.165) is 12.1 Å². The zero-order chi connectivity index (χ0) is 15.6. The summed E-state index contributed by atoms with van der Waals surface area (Å²) in [5.41, 5.74) is 4.37. The summed E-state index contributed by atoms with van der Waals surface area (Å²) < 4.78 is 51.4. The van der Waals surface area contributed by atoms with Gasteiger partial charge in [0.2, 0.25) is 0 Å². The highest BCUT2D eigenvalue weighted by Gasteiger charge is 2.31. The highest BCUT2D eigenvalue weighted by Crippen LogP contribution is 2.31. The number of benzene rings is 2. The van der Waals surface area contributed by atoms with Gasteiger partial charge in [0.15, 0.2) is 5.78 Å². The number of halogens is 4. The highest BCUT2D eigenvalue weighted by molar-refractivity contribution is 6.02. The Morgan fingerprint density at radius 3 is 2.38 bits per heavy atom. The molecule has 0 heterocycles. The van der Waals surface area contributed by atoms with Crippen LogP contribution in [0.15, 0.2) is 42.5 Å². The van der Waals surface area contributed by atoms with Gasteiger partial charge in [0, 0.05) is 17.7 Å². The second-order valence-corrected chi connectivity index (χ2v) is 4.49. The number of ketones is 1. The van der Waals surface area contributed by atoms with Gasteiger partial charge in [-0.1, -0.05) is 18.2 Å². The van der Waals surface area contributed by atoms with Crippen LogP contribution in [0.2, 0.25) is 0 Å². The van der Waals surface area contributed by atoms with Gasteiger partial charge in [-0.25, -0.2) is 4.39 Å². The Morgan fingerprint density at radius 1 is 1.10 bits per heavy atom. The smallest absolute Gasteiger partial charge is 0.398 e. The molecule has 0 amide bonds. The van der Waals surface area contributed by atoms with Gasteiger partial charge in [-0.05, 0) is 29.8 Å². The maximum absolute atomic E-state index is 13.5. The number of alkyl halides is 3. The summed E-state index contributed by atoms with van der Waals surface area (Å²) in [6, 6.07) is 8.10. The van der Waals surface area contributed by atoms with E-state index < -0.39 is 23.3 Å². The lowest BCUT2D eigenvalue weighted by atomic mass is 9.99. The number of anilines is 1. The lowest BCUT2D eigenvalue weighted by Crippen LogP contribution is -2.12. The van der Waals surface area contributed by atoms with Crippen LogP contribution in [-0.4, -0.2) is 5.78 Å². The molecule has 0 aliphatic heterocycles. The van der Waals surface area contributed by atoms with E-state index in [0.29, 0.717) is 6.07 Å². The number of hydrogen-bond donors (Lipinski definition) is 1. The van der Waals surface area contributed by atoms with Gasteiger partial charge in [-0.3, -0.25) is 4.79 Å². The summed E-state index contributed by atoms with van der Waals surface area (Å²) in [5.74, 6) is -1.25. The standard InChI is InChI=1S/C15H11F4NO/c16-12-4-2-1-3-9(12)7-14(21)11-8-10(15(17,18)19)5-6-13(11)20/h1-6,8H,7,20H2. The van der Waals surface area contributed by atoms with Gasteiger partial charge in [0.1, 0.15) is 5.82 Å². The van der Waals surface area contributed by atoms with Crippen LogP contribution in [0.25, 0.3) is 0 Å². The Labute approximate surface area is 118 Å². The summed E-state index contributed by atoms with van der Waals surface area (Å²) in [6.45, 7) is 0. The topological polar surface area (TPSA) is 43.1 Å². The van der Waals surface area contributed by atoms with Crippen molar-refractivity contribution in [1.82, 2.24) is 0 Å². The minimum atomic E-state index is -4.57. The molecule has 0 saturated carbocycles. The van der Waals surface area contributed by atoms with E-state index in [2.05, 4.69) is 0 Å². The first-order valence-corrected chi connectivity index (χ1v) is 6.02. The molecule has 2 N–H and O–H groups in total. The summed E-state index contributed by atoms with van der Waals surface area (Å²) in [7, 11) is 0. The number of rotatable bonds is 3. The Balaban J connectivity index is 2.33. The first-order valence-electron chi connectivity index (χ1n) is 6.02. The fraction of sp³-hybridized carbons (Fsp3) is 0.133.